The number of hydrogen-bond acceptors (Lipinski definition) is 6. The van der Waals surface area contributed by atoms with Crippen LogP contribution in [0, 0.1) is 21.4 Å². The van der Waals surface area contributed by atoms with Gasteiger partial charge in [0, 0.05) is 10.5 Å². The Morgan fingerprint density at radius 2 is 2.21 bits per heavy atom. The average molecular weight is 321 g/mol. The average Bonchev–Trinajstić information content (AvgIpc) is 2.41. The molecule has 0 radical (unpaired) electrons. The summed E-state index contributed by atoms with van der Waals surface area (Å²) in [5, 5.41) is 27.0. The van der Waals surface area contributed by atoms with Crippen molar-refractivity contribution in [3.05, 3.63) is 50.6 Å². The Balaban J connectivity index is 2.44. The van der Waals surface area contributed by atoms with Gasteiger partial charge < -0.3 is 4.74 Å². The first-order valence-electron chi connectivity index (χ1n) is 4.95. The molecule has 94 valence electrons. The Morgan fingerprint density at radius 3 is 2.89 bits per heavy atom. The van der Waals surface area contributed by atoms with Gasteiger partial charge in [0.2, 0.25) is 5.75 Å². The predicted molar refractivity (Wildman–Crippen MR) is 67.6 cm³/mol. The van der Waals surface area contributed by atoms with Crippen LogP contribution in [0.1, 0.15) is 5.56 Å². The minimum atomic E-state index is -0.581. The highest BCUT2D eigenvalue weighted by molar-refractivity contribution is 9.10. The van der Waals surface area contributed by atoms with Gasteiger partial charge in [0.25, 0.3) is 5.88 Å². The number of rotatable bonds is 3. The molecule has 0 bridgehead atoms. The Hall–Kier alpha value is -2.53. The molecule has 0 aliphatic heterocycles. The van der Waals surface area contributed by atoms with Gasteiger partial charge in [-0.25, -0.2) is 0 Å². The number of nitro benzene ring substituents is 1. The fraction of sp³-hybridized carbons (Fsp3) is 0. The van der Waals surface area contributed by atoms with Crippen LogP contribution >= 0.6 is 15.9 Å². The number of nitrogens with zero attached hydrogens (tertiary/aromatic N) is 4. The van der Waals surface area contributed by atoms with Crippen LogP contribution < -0.4 is 4.74 Å². The fourth-order valence-electron chi connectivity index (χ4n) is 1.30. The van der Waals surface area contributed by atoms with Crippen LogP contribution in [0.25, 0.3) is 0 Å². The number of benzene rings is 1. The van der Waals surface area contributed by atoms with Gasteiger partial charge in [-0.15, -0.1) is 5.10 Å². The third-order valence-electron chi connectivity index (χ3n) is 2.13. The SMILES string of the molecule is N#Cc1ccnnc1Oc1ccc(Br)cc1[N+](=O)[O-]. The second-order valence-electron chi connectivity index (χ2n) is 3.33. The van der Waals surface area contributed by atoms with Crippen LogP contribution in [-0.4, -0.2) is 15.1 Å². The first-order chi connectivity index (χ1) is 9.11. The van der Waals surface area contributed by atoms with Crippen molar-refractivity contribution < 1.29 is 9.66 Å². The molecule has 0 aliphatic rings. The van der Waals surface area contributed by atoms with Crippen LogP contribution in [-0.2, 0) is 0 Å². The number of hydrogen-bond donors (Lipinski definition) is 0. The van der Waals surface area contributed by atoms with Crippen molar-refractivity contribution >= 4 is 21.6 Å². The first-order valence-corrected chi connectivity index (χ1v) is 5.74. The van der Waals surface area contributed by atoms with E-state index in [1.807, 2.05) is 6.07 Å². The molecule has 8 heteroatoms. The zero-order valence-electron chi connectivity index (χ0n) is 9.28. The van der Waals surface area contributed by atoms with E-state index in [0.717, 1.165) is 0 Å². The quantitative estimate of drug-likeness (QED) is 0.636. The molecule has 0 unspecified atom stereocenters. The van der Waals surface area contributed by atoms with Crippen molar-refractivity contribution in [2.45, 2.75) is 0 Å². The van der Waals surface area contributed by atoms with E-state index in [-0.39, 0.29) is 22.9 Å². The molecule has 0 atom stereocenters. The molecule has 0 saturated heterocycles. The van der Waals surface area contributed by atoms with Gasteiger partial charge in [0.05, 0.1) is 11.1 Å². The standard InChI is InChI=1S/C11H5BrN4O3/c12-8-1-2-10(9(5-8)16(17)18)19-11-7(6-13)3-4-14-15-11/h1-5H. The smallest absolute Gasteiger partial charge is 0.312 e. The largest absolute Gasteiger partial charge is 0.429 e. The Kier molecular flexibility index (Phi) is 3.68. The zero-order chi connectivity index (χ0) is 13.8. The Morgan fingerprint density at radius 1 is 1.42 bits per heavy atom. The lowest BCUT2D eigenvalue weighted by Gasteiger charge is -2.05. The van der Waals surface area contributed by atoms with E-state index in [1.54, 1.807) is 6.07 Å². The molecule has 2 rings (SSSR count). The number of aromatic nitrogens is 2. The Labute approximate surface area is 115 Å². The predicted octanol–water partition coefficient (Wildman–Crippen LogP) is 2.81. The molecular weight excluding hydrogens is 316 g/mol. The van der Waals surface area contributed by atoms with E-state index < -0.39 is 4.92 Å². The minimum Gasteiger partial charge on any atom is -0.429 e. The van der Waals surface area contributed by atoms with Gasteiger partial charge in [0.1, 0.15) is 11.6 Å². The van der Waals surface area contributed by atoms with Crippen molar-refractivity contribution in [3.8, 4) is 17.7 Å². The highest BCUT2D eigenvalue weighted by Crippen LogP contribution is 2.33. The van der Waals surface area contributed by atoms with Crippen molar-refractivity contribution in [2.24, 2.45) is 0 Å². The van der Waals surface area contributed by atoms with Gasteiger partial charge in [0.15, 0.2) is 0 Å². The molecule has 1 aromatic carbocycles. The molecule has 1 aromatic heterocycles. The number of nitro groups is 1. The summed E-state index contributed by atoms with van der Waals surface area (Å²) >= 11 is 3.14. The van der Waals surface area contributed by atoms with Crippen LogP contribution in [0.4, 0.5) is 5.69 Å². The van der Waals surface area contributed by atoms with Crippen LogP contribution in [0.2, 0.25) is 0 Å². The lowest BCUT2D eigenvalue weighted by Crippen LogP contribution is -1.97. The summed E-state index contributed by atoms with van der Waals surface area (Å²) in [4.78, 5) is 10.3. The molecule has 0 N–H and O–H groups in total. The fourth-order valence-corrected chi connectivity index (χ4v) is 1.65. The topological polar surface area (TPSA) is 102 Å². The second-order valence-corrected chi connectivity index (χ2v) is 4.25. The first kappa shape index (κ1) is 12.9. The van der Waals surface area contributed by atoms with Crippen LogP contribution in [0.15, 0.2) is 34.9 Å². The van der Waals surface area contributed by atoms with E-state index in [9.17, 15) is 10.1 Å². The number of nitriles is 1. The summed E-state index contributed by atoms with van der Waals surface area (Å²) in [5.74, 6) is -0.0828. The second kappa shape index (κ2) is 5.41. The summed E-state index contributed by atoms with van der Waals surface area (Å²) in [7, 11) is 0. The maximum absolute atomic E-state index is 10.9. The molecule has 0 aliphatic carbocycles. The van der Waals surface area contributed by atoms with Crippen molar-refractivity contribution in [1.29, 1.82) is 5.26 Å². The van der Waals surface area contributed by atoms with Crippen molar-refractivity contribution in [2.75, 3.05) is 0 Å². The summed E-state index contributed by atoms with van der Waals surface area (Å²) in [6.45, 7) is 0. The molecule has 0 saturated carbocycles. The summed E-state index contributed by atoms with van der Waals surface area (Å²) in [6.07, 6.45) is 1.33. The Bertz CT molecular complexity index is 684. The molecular formula is C11H5BrN4O3. The van der Waals surface area contributed by atoms with E-state index in [1.165, 1.54) is 24.4 Å². The summed E-state index contributed by atoms with van der Waals surface area (Å²) in [6, 6.07) is 7.59. The van der Waals surface area contributed by atoms with Crippen molar-refractivity contribution in [1.82, 2.24) is 10.2 Å². The van der Waals surface area contributed by atoms with E-state index >= 15 is 0 Å². The number of halogens is 1. The molecule has 0 fully saturated rings. The van der Waals surface area contributed by atoms with Crippen LogP contribution in [0.3, 0.4) is 0 Å². The van der Waals surface area contributed by atoms with Crippen LogP contribution in [0.5, 0.6) is 11.6 Å². The molecule has 7 nitrogen and oxygen atoms in total. The van der Waals surface area contributed by atoms with Gasteiger partial charge in [-0.2, -0.15) is 10.4 Å². The lowest BCUT2D eigenvalue weighted by molar-refractivity contribution is -0.385. The van der Waals surface area contributed by atoms with E-state index in [4.69, 9.17) is 10.00 Å². The van der Waals surface area contributed by atoms with Gasteiger partial charge in [-0.05, 0) is 18.2 Å². The normalized spacial score (nSPS) is 9.68. The van der Waals surface area contributed by atoms with Gasteiger partial charge in [-0.1, -0.05) is 15.9 Å². The molecule has 2 aromatic rings. The molecule has 0 amide bonds. The van der Waals surface area contributed by atoms with E-state index in [2.05, 4.69) is 26.1 Å². The maximum atomic E-state index is 10.9. The number of ether oxygens (including phenoxy) is 1. The molecule has 1 heterocycles. The highest BCUT2D eigenvalue weighted by atomic mass is 79.9. The van der Waals surface area contributed by atoms with Crippen molar-refractivity contribution in [3.63, 3.8) is 0 Å². The monoisotopic (exact) mass is 320 g/mol. The minimum absolute atomic E-state index is 0.00907. The third-order valence-corrected chi connectivity index (χ3v) is 2.62. The third kappa shape index (κ3) is 2.83. The maximum Gasteiger partial charge on any atom is 0.312 e. The lowest BCUT2D eigenvalue weighted by atomic mass is 10.3. The molecule has 19 heavy (non-hydrogen) atoms. The van der Waals surface area contributed by atoms with E-state index in [0.29, 0.717) is 4.47 Å². The highest BCUT2D eigenvalue weighted by Gasteiger charge is 2.18. The summed E-state index contributed by atoms with van der Waals surface area (Å²) < 4.78 is 5.84. The zero-order valence-corrected chi connectivity index (χ0v) is 10.9. The van der Waals surface area contributed by atoms with Gasteiger partial charge in [-0.3, -0.25) is 10.1 Å². The summed E-state index contributed by atoms with van der Waals surface area (Å²) in [5.41, 5.74) is -0.0869. The van der Waals surface area contributed by atoms with Gasteiger partial charge >= 0.3 is 5.69 Å². The molecule has 0 spiro atoms.